The molecule has 1 aromatic rings. The van der Waals surface area contributed by atoms with E-state index in [-0.39, 0.29) is 5.56 Å². The van der Waals surface area contributed by atoms with E-state index in [1.165, 1.54) is 6.20 Å². The first kappa shape index (κ1) is 13.5. The number of H-pyrrole nitrogens is 1. The molecule has 0 fully saturated rings. The van der Waals surface area contributed by atoms with Gasteiger partial charge in [-0.05, 0) is 29.1 Å². The van der Waals surface area contributed by atoms with Crippen LogP contribution in [0.5, 0.6) is 0 Å². The van der Waals surface area contributed by atoms with Crippen LogP contribution in [-0.2, 0) is 0 Å². The standard InChI is InChI=1S/C9H14BrN3O2S/c1-9(15,5-16-2)4-11-6-3-12-13-8(14)7(6)10/h3,15H,4-5H2,1-2H3,(H2,11,13,14). The van der Waals surface area contributed by atoms with E-state index in [1.807, 2.05) is 6.26 Å². The lowest BCUT2D eigenvalue weighted by atomic mass is 10.1. The van der Waals surface area contributed by atoms with Gasteiger partial charge in [-0.15, -0.1) is 0 Å². The predicted molar refractivity (Wildman–Crippen MR) is 70.1 cm³/mol. The number of aromatic amines is 1. The summed E-state index contributed by atoms with van der Waals surface area (Å²) in [6, 6.07) is 0. The topological polar surface area (TPSA) is 78.0 Å². The van der Waals surface area contributed by atoms with E-state index in [2.05, 4.69) is 31.4 Å². The average Bonchev–Trinajstić information content (AvgIpc) is 2.20. The van der Waals surface area contributed by atoms with Gasteiger partial charge >= 0.3 is 0 Å². The summed E-state index contributed by atoms with van der Waals surface area (Å²) >= 11 is 4.72. The van der Waals surface area contributed by atoms with Crippen LogP contribution in [0.1, 0.15) is 6.92 Å². The third-order valence-electron chi connectivity index (χ3n) is 1.91. The van der Waals surface area contributed by atoms with E-state index >= 15 is 0 Å². The Kier molecular flexibility index (Phi) is 4.82. The molecule has 0 radical (unpaired) electrons. The number of halogens is 1. The van der Waals surface area contributed by atoms with Crippen molar-refractivity contribution in [3.8, 4) is 0 Å². The van der Waals surface area contributed by atoms with Gasteiger partial charge < -0.3 is 10.4 Å². The number of anilines is 1. The van der Waals surface area contributed by atoms with E-state index in [0.717, 1.165) is 0 Å². The molecule has 0 bridgehead atoms. The first-order valence-electron chi connectivity index (χ1n) is 4.64. The van der Waals surface area contributed by atoms with Crippen LogP contribution in [0, 0.1) is 0 Å². The Hall–Kier alpha value is -0.530. The molecule has 0 spiro atoms. The Morgan fingerprint density at radius 3 is 3.06 bits per heavy atom. The van der Waals surface area contributed by atoms with Crippen molar-refractivity contribution in [3.05, 3.63) is 21.0 Å². The van der Waals surface area contributed by atoms with Crippen LogP contribution in [0.15, 0.2) is 15.5 Å². The maximum absolute atomic E-state index is 11.2. The summed E-state index contributed by atoms with van der Waals surface area (Å²) in [4.78, 5) is 11.2. The number of nitrogens with zero attached hydrogens (tertiary/aromatic N) is 1. The Morgan fingerprint density at radius 1 is 1.75 bits per heavy atom. The highest BCUT2D eigenvalue weighted by atomic mass is 79.9. The second-order valence-electron chi connectivity index (χ2n) is 3.71. The fourth-order valence-corrected chi connectivity index (χ4v) is 2.21. The largest absolute Gasteiger partial charge is 0.387 e. The molecule has 16 heavy (non-hydrogen) atoms. The van der Waals surface area contributed by atoms with Crippen molar-refractivity contribution in [2.45, 2.75) is 12.5 Å². The molecular formula is C9H14BrN3O2S. The van der Waals surface area contributed by atoms with Crippen LogP contribution in [0.3, 0.4) is 0 Å². The van der Waals surface area contributed by atoms with Gasteiger partial charge in [0, 0.05) is 12.3 Å². The van der Waals surface area contributed by atoms with E-state index in [9.17, 15) is 9.90 Å². The number of aromatic nitrogens is 2. The van der Waals surface area contributed by atoms with Gasteiger partial charge in [0.05, 0.1) is 17.5 Å². The minimum Gasteiger partial charge on any atom is -0.387 e. The number of nitrogens with one attached hydrogen (secondary N) is 2. The zero-order chi connectivity index (χ0) is 12.2. The number of hydrogen-bond donors (Lipinski definition) is 3. The maximum atomic E-state index is 11.2. The fraction of sp³-hybridized carbons (Fsp3) is 0.556. The van der Waals surface area contributed by atoms with Gasteiger partial charge in [0.2, 0.25) is 0 Å². The molecular weight excluding hydrogens is 294 g/mol. The van der Waals surface area contributed by atoms with Gasteiger partial charge in [0.15, 0.2) is 0 Å². The molecule has 0 aliphatic carbocycles. The van der Waals surface area contributed by atoms with Gasteiger partial charge in [-0.2, -0.15) is 16.9 Å². The molecule has 7 heteroatoms. The van der Waals surface area contributed by atoms with Crippen LogP contribution in [0.2, 0.25) is 0 Å². The van der Waals surface area contributed by atoms with Gasteiger partial charge in [0.25, 0.3) is 5.56 Å². The van der Waals surface area contributed by atoms with Crippen molar-refractivity contribution >= 4 is 33.4 Å². The predicted octanol–water partition coefficient (Wildman–Crippen LogP) is 1.06. The SMILES string of the molecule is CSCC(C)(O)CNc1cn[nH]c(=O)c1Br. The number of thioether (sulfide) groups is 1. The number of aliphatic hydroxyl groups is 1. The second kappa shape index (κ2) is 5.70. The monoisotopic (exact) mass is 307 g/mol. The highest BCUT2D eigenvalue weighted by Crippen LogP contribution is 2.17. The van der Waals surface area contributed by atoms with Gasteiger partial charge in [-0.25, -0.2) is 5.10 Å². The molecule has 1 rings (SSSR count). The lowest BCUT2D eigenvalue weighted by Crippen LogP contribution is -2.36. The minimum absolute atomic E-state index is 0.297. The normalized spacial score (nSPS) is 14.5. The van der Waals surface area contributed by atoms with Crippen LogP contribution in [0.25, 0.3) is 0 Å². The Bertz CT molecular complexity index is 408. The van der Waals surface area contributed by atoms with Crippen molar-refractivity contribution in [2.75, 3.05) is 23.9 Å². The third kappa shape index (κ3) is 3.80. The highest BCUT2D eigenvalue weighted by molar-refractivity contribution is 9.10. The van der Waals surface area contributed by atoms with Crippen molar-refractivity contribution in [2.24, 2.45) is 0 Å². The molecule has 0 amide bonds. The van der Waals surface area contributed by atoms with Crippen LogP contribution in [-0.4, -0.2) is 39.5 Å². The summed E-state index contributed by atoms with van der Waals surface area (Å²) < 4.78 is 0.391. The smallest absolute Gasteiger partial charge is 0.280 e. The Balaban J connectivity index is 2.68. The maximum Gasteiger partial charge on any atom is 0.280 e. The summed E-state index contributed by atoms with van der Waals surface area (Å²) in [5, 5.41) is 18.9. The van der Waals surface area contributed by atoms with Crippen molar-refractivity contribution in [1.29, 1.82) is 0 Å². The molecule has 1 heterocycles. The van der Waals surface area contributed by atoms with Crippen molar-refractivity contribution < 1.29 is 5.11 Å². The zero-order valence-electron chi connectivity index (χ0n) is 9.08. The molecule has 90 valence electrons. The molecule has 0 aromatic carbocycles. The molecule has 0 aliphatic heterocycles. The average molecular weight is 308 g/mol. The molecule has 0 saturated carbocycles. The van der Waals surface area contributed by atoms with Gasteiger partial charge in [0.1, 0.15) is 4.47 Å². The molecule has 1 atom stereocenters. The Morgan fingerprint density at radius 2 is 2.44 bits per heavy atom. The van der Waals surface area contributed by atoms with Crippen LogP contribution in [0.4, 0.5) is 5.69 Å². The summed E-state index contributed by atoms with van der Waals surface area (Å²) in [5.41, 5.74) is -0.541. The second-order valence-corrected chi connectivity index (χ2v) is 5.37. The summed E-state index contributed by atoms with van der Waals surface area (Å²) in [6.45, 7) is 2.10. The Labute approximate surface area is 106 Å². The lowest BCUT2D eigenvalue weighted by Gasteiger charge is -2.23. The first-order valence-corrected chi connectivity index (χ1v) is 6.83. The summed E-state index contributed by atoms with van der Waals surface area (Å²) in [5.74, 6) is 0.619. The van der Waals surface area contributed by atoms with Crippen molar-refractivity contribution in [3.63, 3.8) is 0 Å². The van der Waals surface area contributed by atoms with E-state index in [0.29, 0.717) is 22.5 Å². The molecule has 1 unspecified atom stereocenters. The molecule has 1 aromatic heterocycles. The minimum atomic E-state index is -0.818. The zero-order valence-corrected chi connectivity index (χ0v) is 11.5. The lowest BCUT2D eigenvalue weighted by molar-refractivity contribution is 0.0997. The van der Waals surface area contributed by atoms with Crippen LogP contribution >= 0.6 is 27.7 Å². The molecule has 5 nitrogen and oxygen atoms in total. The van der Waals surface area contributed by atoms with Gasteiger partial charge in [-0.3, -0.25) is 4.79 Å². The quantitative estimate of drug-likeness (QED) is 0.758. The molecule has 3 N–H and O–H groups in total. The molecule has 0 aliphatic rings. The van der Waals surface area contributed by atoms with Gasteiger partial charge in [-0.1, -0.05) is 0 Å². The summed E-state index contributed by atoms with van der Waals surface area (Å²) in [7, 11) is 0. The van der Waals surface area contributed by atoms with E-state index in [4.69, 9.17) is 0 Å². The fourth-order valence-electron chi connectivity index (χ4n) is 1.15. The first-order chi connectivity index (χ1) is 7.46. The van der Waals surface area contributed by atoms with Crippen molar-refractivity contribution in [1.82, 2.24) is 10.2 Å². The number of rotatable bonds is 5. The summed E-state index contributed by atoms with van der Waals surface area (Å²) in [6.07, 6.45) is 3.43. The number of hydrogen-bond acceptors (Lipinski definition) is 5. The third-order valence-corrected chi connectivity index (χ3v) is 3.61. The highest BCUT2D eigenvalue weighted by Gasteiger charge is 2.19. The molecule has 0 saturated heterocycles. The van der Waals surface area contributed by atoms with E-state index in [1.54, 1.807) is 18.7 Å². The van der Waals surface area contributed by atoms with Crippen LogP contribution < -0.4 is 10.9 Å². The van der Waals surface area contributed by atoms with E-state index < -0.39 is 5.60 Å².